The van der Waals surface area contributed by atoms with Gasteiger partial charge in [-0.1, -0.05) is 70.7 Å². The zero-order valence-electron chi connectivity index (χ0n) is 36.3. The highest BCUT2D eigenvalue weighted by molar-refractivity contribution is 8.01. The van der Waals surface area contributed by atoms with Crippen molar-refractivity contribution < 1.29 is 28.7 Å². The van der Waals surface area contributed by atoms with Crippen LogP contribution in [-0.2, 0) is 39.7 Å². The van der Waals surface area contributed by atoms with E-state index in [9.17, 15) is 19.2 Å². The number of benzene rings is 4. The maximum Gasteiger partial charge on any atom is 0.242 e. The standard InChI is InChI=1S/2C25H22Cl2N2O3S2/c2*26-18-3-6-20(27)22(13-18)34-23-21(30)14-25(28-24(23)31,17-7-12-33-15-17)16-1-4-19(5-2-16)29-8-10-32-11-9-29/h2*1-7,12-13,15,23H,8-11,14H2,(H,28,31)/t2*23?,25-/m10/s1. The van der Waals surface area contributed by atoms with Crippen LogP contribution in [0.2, 0.25) is 20.1 Å². The monoisotopic (exact) mass is 1060 g/mol. The summed E-state index contributed by atoms with van der Waals surface area (Å²) in [5.41, 5.74) is 3.96. The molecule has 0 saturated carbocycles. The number of hydrogen-bond donors (Lipinski definition) is 2. The Morgan fingerprint density at radius 1 is 0.515 bits per heavy atom. The lowest BCUT2D eigenvalue weighted by Crippen LogP contribution is -2.58. The second kappa shape index (κ2) is 21.5. The van der Waals surface area contributed by atoms with Gasteiger partial charge in [-0.25, -0.2) is 0 Å². The second-order valence-corrected chi connectivity index (χ2v) is 22.1. The number of rotatable bonds is 10. The lowest BCUT2D eigenvalue weighted by Gasteiger charge is -2.40. The highest BCUT2D eigenvalue weighted by Gasteiger charge is 2.49. The second-order valence-electron chi connectivity index (χ2n) is 16.5. The van der Waals surface area contributed by atoms with Gasteiger partial charge in [0.1, 0.15) is 10.5 Å². The number of Topliss-reactive ketones (excluding diaryl/α,β-unsaturated/α-hetero) is 2. The number of nitrogens with one attached hydrogen (secondary N) is 2. The molecule has 0 radical (unpaired) electrons. The summed E-state index contributed by atoms with van der Waals surface area (Å²) in [6.07, 6.45) is 0.310. The Bertz CT molecular complexity index is 2540. The van der Waals surface area contributed by atoms with E-state index in [2.05, 4.69) is 44.7 Å². The van der Waals surface area contributed by atoms with E-state index in [0.717, 1.165) is 83.3 Å². The Morgan fingerprint density at radius 2 is 0.897 bits per heavy atom. The number of thioether (sulfide) groups is 2. The molecule has 6 aromatic rings. The van der Waals surface area contributed by atoms with Gasteiger partial charge in [0.2, 0.25) is 11.8 Å². The normalized spacial score (nSPS) is 23.1. The number of amides is 2. The van der Waals surface area contributed by atoms with Crippen LogP contribution in [-0.4, -0.2) is 86.5 Å². The molecule has 4 saturated heterocycles. The third-order valence-electron chi connectivity index (χ3n) is 12.4. The van der Waals surface area contributed by atoms with Crippen LogP contribution >= 0.6 is 92.6 Å². The minimum Gasteiger partial charge on any atom is -0.378 e. The third kappa shape index (κ3) is 10.5. The van der Waals surface area contributed by atoms with Crippen molar-refractivity contribution in [1.82, 2.24) is 10.6 Å². The van der Waals surface area contributed by atoms with E-state index in [0.29, 0.717) is 56.3 Å². The Balaban J connectivity index is 0.000000170. The van der Waals surface area contributed by atoms with Crippen LogP contribution in [0, 0.1) is 0 Å². The zero-order chi connectivity index (χ0) is 47.4. The predicted molar refractivity (Wildman–Crippen MR) is 277 cm³/mol. The van der Waals surface area contributed by atoms with Crippen LogP contribution < -0.4 is 20.4 Å². The van der Waals surface area contributed by atoms with Gasteiger partial charge in [-0.3, -0.25) is 19.2 Å². The molecule has 4 atom stereocenters. The third-order valence-corrected chi connectivity index (χ3v) is 17.7. The summed E-state index contributed by atoms with van der Waals surface area (Å²) in [5, 5.41) is 14.4. The molecular weight excluding hydrogens is 1020 g/mol. The molecule has 2 N–H and O–H groups in total. The molecule has 0 spiro atoms. The number of ether oxygens (including phenoxy) is 2. The van der Waals surface area contributed by atoms with Gasteiger partial charge in [-0.2, -0.15) is 22.7 Å². The highest BCUT2D eigenvalue weighted by Crippen LogP contribution is 2.44. The lowest BCUT2D eigenvalue weighted by atomic mass is 9.77. The number of carbonyl (C=O) groups is 4. The Kier molecular flexibility index (Phi) is 15.5. The van der Waals surface area contributed by atoms with Crippen LogP contribution in [0.25, 0.3) is 0 Å². The number of carbonyl (C=O) groups excluding carboxylic acids is 4. The molecule has 2 aromatic heterocycles. The molecule has 4 aliphatic heterocycles. The summed E-state index contributed by atoms with van der Waals surface area (Å²) in [6, 6.07) is 30.3. The highest BCUT2D eigenvalue weighted by atomic mass is 35.5. The molecule has 2 unspecified atom stereocenters. The molecule has 68 heavy (non-hydrogen) atoms. The summed E-state index contributed by atoms with van der Waals surface area (Å²) in [6.45, 7) is 6.21. The Morgan fingerprint density at radius 3 is 1.24 bits per heavy atom. The summed E-state index contributed by atoms with van der Waals surface area (Å²) >= 11 is 30.1. The lowest BCUT2D eigenvalue weighted by molar-refractivity contribution is -0.134. The summed E-state index contributed by atoms with van der Waals surface area (Å²) in [5.74, 6) is -0.956. The topological polar surface area (TPSA) is 117 Å². The maximum atomic E-state index is 13.4. The first kappa shape index (κ1) is 48.9. The first-order valence-corrected chi connectivity index (χ1v) is 26.9. The fraction of sp³-hybridized carbons (Fsp3) is 0.280. The van der Waals surface area contributed by atoms with E-state index in [-0.39, 0.29) is 36.2 Å². The van der Waals surface area contributed by atoms with E-state index < -0.39 is 21.6 Å². The van der Waals surface area contributed by atoms with Gasteiger partial charge in [-0.15, -0.1) is 23.5 Å². The van der Waals surface area contributed by atoms with Gasteiger partial charge in [-0.05, 0) is 117 Å². The number of hydrogen-bond acceptors (Lipinski definition) is 12. The zero-order valence-corrected chi connectivity index (χ0v) is 42.6. The van der Waals surface area contributed by atoms with Gasteiger partial charge >= 0.3 is 0 Å². The molecule has 4 fully saturated rings. The number of halogens is 4. The number of anilines is 2. The minimum atomic E-state index is -0.910. The first-order valence-electron chi connectivity index (χ1n) is 21.8. The fourth-order valence-electron chi connectivity index (χ4n) is 8.87. The van der Waals surface area contributed by atoms with E-state index in [1.807, 2.05) is 57.9 Å². The fourth-order valence-corrected chi connectivity index (χ4v) is 13.3. The molecule has 0 bridgehead atoms. The van der Waals surface area contributed by atoms with Crippen molar-refractivity contribution in [3.8, 4) is 0 Å². The van der Waals surface area contributed by atoms with Crippen molar-refractivity contribution >= 4 is 127 Å². The smallest absolute Gasteiger partial charge is 0.242 e. The number of piperidine rings is 2. The largest absolute Gasteiger partial charge is 0.378 e. The number of thiophene rings is 2. The minimum absolute atomic E-state index is 0.145. The van der Waals surface area contributed by atoms with Gasteiger partial charge in [0.15, 0.2) is 11.6 Å². The molecule has 4 aromatic carbocycles. The van der Waals surface area contributed by atoms with Gasteiger partial charge < -0.3 is 29.9 Å². The number of ketones is 2. The van der Waals surface area contributed by atoms with Crippen molar-refractivity contribution in [2.75, 3.05) is 62.4 Å². The van der Waals surface area contributed by atoms with Crippen LogP contribution in [0.3, 0.4) is 0 Å². The van der Waals surface area contributed by atoms with Crippen molar-refractivity contribution in [2.45, 2.75) is 44.2 Å². The summed E-state index contributed by atoms with van der Waals surface area (Å²) in [7, 11) is 0. The molecule has 4 aliphatic rings. The number of morpholine rings is 2. The summed E-state index contributed by atoms with van der Waals surface area (Å²) < 4.78 is 10.9. The SMILES string of the molecule is O=C1C[C@@](c2ccc(N3CCOCC3)cc2)(c2ccsc2)NC(=O)C1Sc1cc(Cl)ccc1Cl.O=C1C[C@](c2ccc(N3CCOCC3)cc2)(c2ccsc2)NC(=O)C1Sc1cc(Cl)ccc1Cl. The Hall–Kier alpha value is -4.06. The van der Waals surface area contributed by atoms with Crippen LogP contribution in [0.15, 0.2) is 128 Å². The first-order chi connectivity index (χ1) is 32.9. The average molecular weight is 1070 g/mol. The molecular formula is C50H44Cl4N4O6S4. The molecule has 0 aliphatic carbocycles. The van der Waals surface area contributed by atoms with Crippen molar-refractivity contribution in [3.05, 3.63) is 161 Å². The van der Waals surface area contributed by atoms with Crippen LogP contribution in [0.1, 0.15) is 35.1 Å². The molecule has 352 valence electrons. The molecule has 18 heteroatoms. The van der Waals surface area contributed by atoms with Crippen LogP contribution in [0.5, 0.6) is 0 Å². The van der Waals surface area contributed by atoms with Crippen LogP contribution in [0.4, 0.5) is 11.4 Å². The van der Waals surface area contributed by atoms with E-state index >= 15 is 0 Å². The maximum absolute atomic E-state index is 13.4. The number of nitrogens with zero attached hydrogens (tertiary/aromatic N) is 2. The molecule has 10 nitrogen and oxygen atoms in total. The van der Waals surface area contributed by atoms with Gasteiger partial charge in [0, 0.05) is 70.2 Å². The van der Waals surface area contributed by atoms with Crippen molar-refractivity contribution in [2.24, 2.45) is 0 Å². The van der Waals surface area contributed by atoms with Crippen molar-refractivity contribution in [1.29, 1.82) is 0 Å². The van der Waals surface area contributed by atoms with Crippen molar-refractivity contribution in [3.63, 3.8) is 0 Å². The summed E-state index contributed by atoms with van der Waals surface area (Å²) in [4.78, 5) is 59.3. The van der Waals surface area contributed by atoms with Gasteiger partial charge in [0.25, 0.3) is 0 Å². The van der Waals surface area contributed by atoms with E-state index in [1.54, 1.807) is 36.4 Å². The van der Waals surface area contributed by atoms with Gasteiger partial charge in [0.05, 0.1) is 47.6 Å². The molecule has 10 rings (SSSR count). The predicted octanol–water partition coefficient (Wildman–Crippen LogP) is 10.8. The van der Waals surface area contributed by atoms with E-state index in [4.69, 9.17) is 55.9 Å². The quantitative estimate of drug-likeness (QED) is 0.128. The molecule has 2 amide bonds. The molecule has 6 heterocycles. The Labute approximate surface area is 431 Å². The average Bonchev–Trinajstić information content (AvgIpc) is 4.12. The van der Waals surface area contributed by atoms with E-state index in [1.165, 1.54) is 22.7 Å².